The summed E-state index contributed by atoms with van der Waals surface area (Å²) in [4.78, 5) is 4.64. The maximum Gasteiger partial charge on any atom is 0.191 e. The lowest BCUT2D eigenvalue weighted by atomic mass is 10.2. The van der Waals surface area contributed by atoms with Crippen LogP contribution >= 0.6 is 24.0 Å². The van der Waals surface area contributed by atoms with Crippen LogP contribution in [-0.4, -0.2) is 28.3 Å². The quantitative estimate of drug-likeness (QED) is 0.479. The van der Waals surface area contributed by atoms with E-state index >= 15 is 0 Å². The summed E-state index contributed by atoms with van der Waals surface area (Å²) in [6.07, 6.45) is 2.52. The summed E-state index contributed by atoms with van der Waals surface area (Å²) in [5.41, 5.74) is 3.49. The molecule has 19 heavy (non-hydrogen) atoms. The Labute approximate surface area is 132 Å². The summed E-state index contributed by atoms with van der Waals surface area (Å²) >= 11 is 0. The van der Waals surface area contributed by atoms with Crippen LogP contribution in [0.15, 0.2) is 4.99 Å². The smallest absolute Gasteiger partial charge is 0.191 e. The number of hydrogen-bond acceptors (Lipinski definition) is 2. The van der Waals surface area contributed by atoms with Crippen molar-refractivity contribution in [2.75, 3.05) is 6.54 Å². The van der Waals surface area contributed by atoms with Crippen molar-refractivity contribution in [1.82, 2.24) is 20.4 Å². The Morgan fingerprint density at radius 2 is 2.11 bits per heavy atom. The first-order valence-electron chi connectivity index (χ1n) is 6.65. The summed E-state index contributed by atoms with van der Waals surface area (Å²) in [6.45, 7) is 7.80. The van der Waals surface area contributed by atoms with E-state index in [0.29, 0.717) is 12.6 Å². The molecule has 0 spiro atoms. The first kappa shape index (κ1) is 16.3. The van der Waals surface area contributed by atoms with Gasteiger partial charge >= 0.3 is 0 Å². The largest absolute Gasteiger partial charge is 0.357 e. The van der Waals surface area contributed by atoms with Gasteiger partial charge in [0.15, 0.2) is 5.96 Å². The van der Waals surface area contributed by atoms with Crippen molar-refractivity contribution in [2.45, 2.75) is 46.2 Å². The Bertz CT molecular complexity index is 448. The van der Waals surface area contributed by atoms with Crippen LogP contribution in [0.5, 0.6) is 0 Å². The molecule has 1 heterocycles. The molecule has 0 aliphatic heterocycles. The van der Waals surface area contributed by atoms with Gasteiger partial charge in [0.05, 0.1) is 12.2 Å². The van der Waals surface area contributed by atoms with Gasteiger partial charge in [0.2, 0.25) is 0 Å². The van der Waals surface area contributed by atoms with E-state index in [1.807, 2.05) is 18.7 Å². The summed E-state index contributed by atoms with van der Waals surface area (Å²) < 4.78 is 1.92. The minimum absolute atomic E-state index is 0. The summed E-state index contributed by atoms with van der Waals surface area (Å²) in [5.74, 6) is 0.919. The lowest BCUT2D eigenvalue weighted by Gasteiger charge is -2.10. The van der Waals surface area contributed by atoms with E-state index in [9.17, 15) is 0 Å². The van der Waals surface area contributed by atoms with Crippen LogP contribution in [0.1, 0.15) is 36.7 Å². The first-order valence-corrected chi connectivity index (χ1v) is 6.65. The molecule has 2 rings (SSSR count). The van der Waals surface area contributed by atoms with Crippen LogP contribution in [0.25, 0.3) is 0 Å². The topological polar surface area (TPSA) is 54.2 Å². The fraction of sp³-hybridized carbons (Fsp3) is 0.692. The van der Waals surface area contributed by atoms with E-state index in [1.165, 1.54) is 24.1 Å². The fourth-order valence-corrected chi connectivity index (χ4v) is 1.95. The average Bonchev–Trinajstić information content (AvgIpc) is 3.08. The fourth-order valence-electron chi connectivity index (χ4n) is 1.95. The molecule has 1 aliphatic carbocycles. The van der Waals surface area contributed by atoms with E-state index in [-0.39, 0.29) is 24.0 Å². The number of hydrogen-bond donors (Lipinski definition) is 2. The highest BCUT2D eigenvalue weighted by atomic mass is 127. The molecule has 5 nitrogen and oxygen atoms in total. The van der Waals surface area contributed by atoms with Gasteiger partial charge in [0.25, 0.3) is 0 Å². The molecule has 0 radical (unpaired) electrons. The van der Waals surface area contributed by atoms with Gasteiger partial charge < -0.3 is 10.6 Å². The Hall–Kier alpha value is -0.790. The van der Waals surface area contributed by atoms with Gasteiger partial charge in [-0.25, -0.2) is 4.99 Å². The Kier molecular flexibility index (Phi) is 6.09. The molecule has 108 valence electrons. The minimum atomic E-state index is 0. The molecule has 0 unspecified atom stereocenters. The molecule has 0 saturated heterocycles. The normalized spacial score (nSPS) is 15.1. The Balaban J connectivity index is 0.00000180. The van der Waals surface area contributed by atoms with Crippen molar-refractivity contribution in [1.29, 1.82) is 0 Å². The van der Waals surface area contributed by atoms with E-state index < -0.39 is 0 Å². The molecule has 0 amide bonds. The van der Waals surface area contributed by atoms with Gasteiger partial charge in [-0.1, -0.05) is 0 Å². The van der Waals surface area contributed by atoms with Crippen LogP contribution in [0, 0.1) is 13.8 Å². The lowest BCUT2D eigenvalue weighted by Crippen LogP contribution is -2.38. The minimum Gasteiger partial charge on any atom is -0.357 e. The zero-order valence-electron chi connectivity index (χ0n) is 12.2. The number of aliphatic imine (C=N–C) groups is 1. The van der Waals surface area contributed by atoms with Crippen LogP contribution in [-0.2, 0) is 13.6 Å². The van der Waals surface area contributed by atoms with Gasteiger partial charge in [-0.15, -0.1) is 24.0 Å². The monoisotopic (exact) mass is 377 g/mol. The van der Waals surface area contributed by atoms with Crippen molar-refractivity contribution in [2.24, 2.45) is 12.0 Å². The molecule has 2 N–H and O–H groups in total. The second kappa shape index (κ2) is 7.12. The van der Waals surface area contributed by atoms with Crippen molar-refractivity contribution in [3.05, 3.63) is 17.0 Å². The van der Waals surface area contributed by atoms with Crippen molar-refractivity contribution in [3.8, 4) is 0 Å². The van der Waals surface area contributed by atoms with Crippen LogP contribution in [0.3, 0.4) is 0 Å². The zero-order chi connectivity index (χ0) is 13.1. The molecule has 1 aromatic heterocycles. The SMILES string of the molecule is CCNC(=NCc1c(C)nn(C)c1C)NC1CC1.I. The third kappa shape index (κ3) is 4.36. The van der Waals surface area contributed by atoms with E-state index in [2.05, 4.69) is 34.6 Å². The second-order valence-corrected chi connectivity index (χ2v) is 4.89. The van der Waals surface area contributed by atoms with Crippen molar-refractivity contribution in [3.63, 3.8) is 0 Å². The Morgan fingerprint density at radius 3 is 2.58 bits per heavy atom. The highest BCUT2D eigenvalue weighted by Gasteiger charge is 2.22. The third-order valence-corrected chi connectivity index (χ3v) is 3.32. The standard InChI is InChI=1S/C13H23N5.HI/c1-5-14-13(16-11-6-7-11)15-8-12-9(2)17-18(4)10(12)3;/h11H,5-8H2,1-4H3,(H2,14,15,16);1H. The average molecular weight is 377 g/mol. The predicted octanol–water partition coefficient (Wildman–Crippen LogP) is 1.87. The molecule has 6 heteroatoms. The Morgan fingerprint density at radius 1 is 1.42 bits per heavy atom. The summed E-state index contributed by atoms with van der Waals surface area (Å²) in [6, 6.07) is 0.624. The molecule has 0 aromatic carbocycles. The predicted molar refractivity (Wildman–Crippen MR) is 89.1 cm³/mol. The summed E-state index contributed by atoms with van der Waals surface area (Å²) in [7, 11) is 1.98. The summed E-state index contributed by atoms with van der Waals surface area (Å²) in [5, 5.41) is 11.1. The van der Waals surface area contributed by atoms with Crippen LogP contribution in [0.2, 0.25) is 0 Å². The van der Waals surface area contributed by atoms with Gasteiger partial charge in [-0.05, 0) is 33.6 Å². The molecule has 0 atom stereocenters. The number of nitrogens with zero attached hydrogens (tertiary/aromatic N) is 3. The highest BCUT2D eigenvalue weighted by Crippen LogP contribution is 2.18. The molecule has 1 fully saturated rings. The van der Waals surface area contributed by atoms with Crippen molar-refractivity contribution >= 4 is 29.9 Å². The first-order chi connectivity index (χ1) is 8.61. The maximum absolute atomic E-state index is 4.64. The number of aryl methyl sites for hydroxylation is 2. The number of nitrogens with one attached hydrogen (secondary N) is 2. The number of guanidine groups is 1. The molecular formula is C13H24IN5. The van der Waals surface area contributed by atoms with Crippen LogP contribution in [0.4, 0.5) is 0 Å². The van der Waals surface area contributed by atoms with E-state index in [1.54, 1.807) is 0 Å². The lowest BCUT2D eigenvalue weighted by molar-refractivity contribution is 0.730. The third-order valence-electron chi connectivity index (χ3n) is 3.32. The van der Waals surface area contributed by atoms with Crippen molar-refractivity contribution < 1.29 is 0 Å². The highest BCUT2D eigenvalue weighted by molar-refractivity contribution is 14.0. The number of aromatic nitrogens is 2. The van der Waals surface area contributed by atoms with Crippen LogP contribution < -0.4 is 10.6 Å². The van der Waals surface area contributed by atoms with E-state index in [4.69, 9.17) is 0 Å². The second-order valence-electron chi connectivity index (χ2n) is 4.89. The molecule has 1 saturated carbocycles. The molecular weight excluding hydrogens is 353 g/mol. The van der Waals surface area contributed by atoms with Gasteiger partial charge in [-0.3, -0.25) is 4.68 Å². The van der Waals surface area contributed by atoms with E-state index in [0.717, 1.165) is 18.2 Å². The van der Waals surface area contributed by atoms with Gasteiger partial charge in [0, 0.05) is 30.9 Å². The molecule has 1 aromatic rings. The van der Waals surface area contributed by atoms with Gasteiger partial charge in [-0.2, -0.15) is 5.10 Å². The molecule has 0 bridgehead atoms. The van der Waals surface area contributed by atoms with Gasteiger partial charge in [0.1, 0.15) is 0 Å². The number of rotatable bonds is 4. The maximum atomic E-state index is 4.64. The molecule has 1 aliphatic rings. The number of halogens is 1. The zero-order valence-corrected chi connectivity index (χ0v) is 14.5.